The van der Waals surface area contributed by atoms with Crippen LogP contribution in [-0.2, 0) is 22.4 Å². The van der Waals surface area contributed by atoms with E-state index in [2.05, 4.69) is 64.5 Å². The summed E-state index contributed by atoms with van der Waals surface area (Å²) in [5.74, 6) is 1.70. The topological polar surface area (TPSA) is 103 Å². The van der Waals surface area contributed by atoms with Crippen LogP contribution >= 0.6 is 0 Å². The van der Waals surface area contributed by atoms with E-state index in [-0.39, 0.29) is 23.3 Å². The van der Waals surface area contributed by atoms with Gasteiger partial charge in [-0.2, -0.15) is 0 Å². The van der Waals surface area contributed by atoms with Gasteiger partial charge in [-0.1, -0.05) is 31.6 Å². The molecule has 2 N–H and O–H groups in total. The number of ether oxygens (including phenoxy) is 1. The minimum atomic E-state index is -0.360. The molecule has 0 spiro atoms. The Bertz CT molecular complexity index is 1660. The SMILES string of the molecule is CC1=CC=C(OCC2CC(C)(C)C(=O)N2)C=C(c2ccnc(CCc3ccc4[nH]c(C(=O)N5CCN(C)CC5)cc4c3)n2)C1. The van der Waals surface area contributed by atoms with Gasteiger partial charge in [0.25, 0.3) is 5.91 Å². The summed E-state index contributed by atoms with van der Waals surface area (Å²) in [6.45, 7) is 9.79. The predicted molar refractivity (Wildman–Crippen MR) is 172 cm³/mol. The number of likely N-dealkylation sites (N-methyl/N-ethyl adjacent to an activating group) is 1. The van der Waals surface area contributed by atoms with Gasteiger partial charge in [-0.3, -0.25) is 9.59 Å². The molecule has 9 nitrogen and oxygen atoms in total. The number of allylic oxidation sites excluding steroid dienone is 5. The summed E-state index contributed by atoms with van der Waals surface area (Å²) in [4.78, 5) is 42.2. The summed E-state index contributed by atoms with van der Waals surface area (Å²) < 4.78 is 6.17. The molecule has 1 aliphatic carbocycles. The molecular formula is C35H42N6O3. The molecule has 2 saturated heterocycles. The van der Waals surface area contributed by atoms with Crippen LogP contribution in [0.15, 0.2) is 66.1 Å². The molecule has 6 rings (SSSR count). The molecule has 0 saturated carbocycles. The second-order valence-corrected chi connectivity index (χ2v) is 13.1. The van der Waals surface area contributed by atoms with E-state index in [1.54, 1.807) is 0 Å². The maximum absolute atomic E-state index is 13.1. The van der Waals surface area contributed by atoms with Gasteiger partial charge in [-0.15, -0.1) is 0 Å². The lowest BCUT2D eigenvalue weighted by atomic mass is 9.90. The Morgan fingerprint density at radius 3 is 2.68 bits per heavy atom. The molecule has 9 heteroatoms. The van der Waals surface area contributed by atoms with Gasteiger partial charge in [-0.05, 0) is 80.8 Å². The molecule has 2 fully saturated rings. The highest BCUT2D eigenvalue weighted by atomic mass is 16.5. The van der Waals surface area contributed by atoms with E-state index in [1.807, 2.05) is 43.2 Å². The maximum atomic E-state index is 13.1. The van der Waals surface area contributed by atoms with Gasteiger partial charge in [0.2, 0.25) is 5.91 Å². The maximum Gasteiger partial charge on any atom is 0.270 e. The Balaban J connectivity index is 1.10. The van der Waals surface area contributed by atoms with Crippen molar-refractivity contribution in [3.05, 3.63) is 88.9 Å². The predicted octanol–water partition coefficient (Wildman–Crippen LogP) is 4.68. The average molecular weight is 595 g/mol. The van der Waals surface area contributed by atoms with Crippen molar-refractivity contribution in [3.8, 4) is 0 Å². The zero-order chi connectivity index (χ0) is 30.8. The lowest BCUT2D eigenvalue weighted by molar-refractivity contribution is -0.126. The fourth-order valence-corrected chi connectivity index (χ4v) is 6.13. The number of nitrogens with one attached hydrogen (secondary N) is 2. The number of benzene rings is 1. The van der Waals surface area contributed by atoms with Crippen molar-refractivity contribution in [2.24, 2.45) is 5.41 Å². The highest BCUT2D eigenvalue weighted by Crippen LogP contribution is 2.30. The molecule has 0 bridgehead atoms. The summed E-state index contributed by atoms with van der Waals surface area (Å²) in [6, 6.07) is 10.2. The number of piperazine rings is 1. The number of fused-ring (bicyclic) bond motifs is 1. The lowest BCUT2D eigenvalue weighted by Gasteiger charge is -2.32. The fourth-order valence-electron chi connectivity index (χ4n) is 6.13. The second kappa shape index (κ2) is 12.4. The summed E-state index contributed by atoms with van der Waals surface area (Å²) >= 11 is 0. The first-order chi connectivity index (χ1) is 21.1. The minimum Gasteiger partial charge on any atom is -0.491 e. The first kappa shape index (κ1) is 29.8. The van der Waals surface area contributed by atoms with Crippen molar-refractivity contribution < 1.29 is 14.3 Å². The van der Waals surface area contributed by atoms with Crippen molar-refractivity contribution in [1.82, 2.24) is 30.1 Å². The molecule has 3 aromatic rings. The average Bonchev–Trinajstić information content (AvgIpc) is 3.48. The van der Waals surface area contributed by atoms with E-state index in [1.165, 1.54) is 11.1 Å². The molecule has 4 heterocycles. The number of carbonyl (C=O) groups excluding carboxylic acids is 2. The zero-order valence-corrected chi connectivity index (χ0v) is 26.2. The van der Waals surface area contributed by atoms with Gasteiger partial charge in [0.1, 0.15) is 23.9 Å². The fraction of sp³-hybridized carbons (Fsp3) is 0.429. The van der Waals surface area contributed by atoms with Crippen LogP contribution in [0.3, 0.4) is 0 Å². The Morgan fingerprint density at radius 2 is 1.91 bits per heavy atom. The molecule has 1 aromatic carbocycles. The number of aryl methyl sites for hydroxylation is 2. The van der Waals surface area contributed by atoms with Gasteiger partial charge >= 0.3 is 0 Å². The second-order valence-electron chi connectivity index (χ2n) is 13.1. The third-order valence-corrected chi connectivity index (χ3v) is 8.85. The number of H-pyrrole nitrogens is 1. The van der Waals surface area contributed by atoms with Gasteiger partial charge in [0.15, 0.2) is 0 Å². The van der Waals surface area contributed by atoms with Crippen LogP contribution in [0.2, 0.25) is 0 Å². The molecule has 0 radical (unpaired) electrons. The van der Waals surface area contributed by atoms with Crippen LogP contribution in [0.1, 0.15) is 61.2 Å². The largest absolute Gasteiger partial charge is 0.491 e. The minimum absolute atomic E-state index is 0.00348. The smallest absolute Gasteiger partial charge is 0.270 e. The van der Waals surface area contributed by atoms with E-state index in [0.29, 0.717) is 18.7 Å². The summed E-state index contributed by atoms with van der Waals surface area (Å²) in [5, 5.41) is 4.09. The van der Waals surface area contributed by atoms with E-state index >= 15 is 0 Å². The highest BCUT2D eigenvalue weighted by molar-refractivity contribution is 5.98. The van der Waals surface area contributed by atoms with E-state index in [9.17, 15) is 9.59 Å². The number of hydrogen-bond acceptors (Lipinski definition) is 6. The normalized spacial score (nSPS) is 20.5. The molecule has 2 aliphatic heterocycles. The van der Waals surface area contributed by atoms with Crippen LogP contribution < -0.4 is 5.32 Å². The number of hydrogen-bond donors (Lipinski definition) is 2. The van der Waals surface area contributed by atoms with Gasteiger partial charge < -0.3 is 24.8 Å². The molecule has 3 aliphatic rings. The number of nitrogens with zero attached hydrogens (tertiary/aromatic N) is 4. The van der Waals surface area contributed by atoms with Gasteiger partial charge in [-0.25, -0.2) is 9.97 Å². The molecule has 2 aromatic heterocycles. The quantitative estimate of drug-likeness (QED) is 0.393. The van der Waals surface area contributed by atoms with Crippen LogP contribution in [-0.4, -0.2) is 82.4 Å². The van der Waals surface area contributed by atoms with E-state index in [0.717, 1.165) is 79.2 Å². The molecule has 1 unspecified atom stereocenters. The Kier molecular flexibility index (Phi) is 8.40. The van der Waals surface area contributed by atoms with Crippen LogP contribution in [0.5, 0.6) is 0 Å². The summed E-state index contributed by atoms with van der Waals surface area (Å²) in [6.07, 6.45) is 11.0. The van der Waals surface area contributed by atoms with Crippen molar-refractivity contribution >= 4 is 28.3 Å². The van der Waals surface area contributed by atoms with Gasteiger partial charge in [0, 0.05) is 55.1 Å². The Hall–Kier alpha value is -4.24. The summed E-state index contributed by atoms with van der Waals surface area (Å²) in [5.41, 5.74) is 5.62. The van der Waals surface area contributed by atoms with Crippen molar-refractivity contribution in [2.75, 3.05) is 39.8 Å². The van der Waals surface area contributed by atoms with Crippen molar-refractivity contribution in [3.63, 3.8) is 0 Å². The van der Waals surface area contributed by atoms with E-state index in [4.69, 9.17) is 9.72 Å². The summed E-state index contributed by atoms with van der Waals surface area (Å²) in [7, 11) is 2.09. The number of aromatic amines is 1. The van der Waals surface area contributed by atoms with Crippen molar-refractivity contribution in [1.29, 1.82) is 0 Å². The number of rotatable bonds is 8. The molecule has 44 heavy (non-hydrogen) atoms. The molecule has 2 amide bonds. The van der Waals surface area contributed by atoms with Crippen LogP contribution in [0, 0.1) is 5.41 Å². The first-order valence-corrected chi connectivity index (χ1v) is 15.6. The van der Waals surface area contributed by atoms with Gasteiger partial charge in [0.05, 0.1) is 11.7 Å². The monoisotopic (exact) mass is 594 g/mol. The first-order valence-electron chi connectivity index (χ1n) is 15.6. The third kappa shape index (κ3) is 6.78. The number of aromatic nitrogens is 3. The van der Waals surface area contributed by atoms with Crippen LogP contribution in [0.25, 0.3) is 16.5 Å². The number of carbonyl (C=O) groups is 2. The standard InChI is InChI=1S/C35H42N6O3/c1-23-5-8-28(44-22-27-21-35(2,3)34(43)37-27)19-25(17-23)30-11-12-36-32(39-30)10-7-24-6-9-29-26(18-24)20-31(38-29)33(42)41-15-13-40(4)14-16-41/h5-6,8-9,11-12,18-20,27,38H,7,10,13-17,21-22H2,1-4H3,(H,37,43). The molecule has 230 valence electrons. The third-order valence-electron chi connectivity index (χ3n) is 8.85. The van der Waals surface area contributed by atoms with Crippen LogP contribution in [0.4, 0.5) is 0 Å². The zero-order valence-electron chi connectivity index (χ0n) is 26.2. The Morgan fingerprint density at radius 1 is 1.09 bits per heavy atom. The Labute approximate surface area is 259 Å². The van der Waals surface area contributed by atoms with Crippen molar-refractivity contribution in [2.45, 2.75) is 52.5 Å². The molecule has 1 atom stereocenters. The van der Waals surface area contributed by atoms with E-state index < -0.39 is 0 Å². The molecular weight excluding hydrogens is 552 g/mol. The highest BCUT2D eigenvalue weighted by Gasteiger charge is 2.39. The lowest BCUT2D eigenvalue weighted by Crippen LogP contribution is -2.47. The number of amides is 2.